The minimum atomic E-state index is -0.600. The lowest BCUT2D eigenvalue weighted by Gasteiger charge is -2.54. The van der Waals surface area contributed by atoms with Crippen LogP contribution in [0.25, 0.3) is 0 Å². The Bertz CT molecular complexity index is 848. The normalized spacial score (nSPS) is 26.5. The van der Waals surface area contributed by atoms with Crippen molar-refractivity contribution in [2.24, 2.45) is 5.41 Å². The summed E-state index contributed by atoms with van der Waals surface area (Å²) in [7, 11) is 0. The van der Waals surface area contributed by atoms with Crippen LogP contribution in [0.3, 0.4) is 0 Å². The monoisotopic (exact) mass is 407 g/mol. The third-order valence-electron chi connectivity index (χ3n) is 7.95. The van der Waals surface area contributed by atoms with Crippen molar-refractivity contribution in [3.8, 4) is 0 Å². The number of rotatable bonds is 8. The summed E-state index contributed by atoms with van der Waals surface area (Å²) < 4.78 is 0. The number of hydrogen-bond donors (Lipinski definition) is 1. The van der Waals surface area contributed by atoms with E-state index < -0.39 is 11.0 Å². The smallest absolute Gasteiger partial charge is 0.269 e. The molecule has 160 valence electrons. The highest BCUT2D eigenvalue weighted by molar-refractivity contribution is 5.35. The Morgan fingerprint density at radius 2 is 1.57 bits per heavy atom. The molecule has 0 radical (unpaired) electrons. The molecule has 30 heavy (non-hydrogen) atoms. The van der Waals surface area contributed by atoms with Gasteiger partial charge in [-0.1, -0.05) is 56.2 Å². The summed E-state index contributed by atoms with van der Waals surface area (Å²) in [6.07, 6.45) is 12.0. The number of fused-ring (bicyclic) bond motifs is 3. The van der Waals surface area contributed by atoms with Crippen LogP contribution in [0.4, 0.5) is 5.69 Å². The number of aliphatic hydroxyl groups is 1. The third kappa shape index (κ3) is 4.15. The molecule has 2 aromatic rings. The Labute approximate surface area is 179 Å². The maximum Gasteiger partial charge on any atom is 0.269 e. The Morgan fingerprint density at radius 1 is 0.967 bits per heavy atom. The predicted octanol–water partition coefficient (Wildman–Crippen LogP) is 6.65. The molecule has 3 fully saturated rings. The summed E-state index contributed by atoms with van der Waals surface area (Å²) in [6, 6.07) is 15.1. The van der Waals surface area contributed by atoms with Gasteiger partial charge in [-0.2, -0.15) is 0 Å². The van der Waals surface area contributed by atoms with Gasteiger partial charge in [0.25, 0.3) is 5.69 Å². The van der Waals surface area contributed by atoms with E-state index in [2.05, 4.69) is 31.2 Å². The second-order valence-corrected chi connectivity index (χ2v) is 9.65. The molecule has 0 aromatic heterocycles. The van der Waals surface area contributed by atoms with Gasteiger partial charge in [-0.25, -0.2) is 0 Å². The third-order valence-corrected chi connectivity index (χ3v) is 7.95. The average molecular weight is 408 g/mol. The van der Waals surface area contributed by atoms with Crippen LogP contribution in [0, 0.1) is 15.5 Å². The van der Waals surface area contributed by atoms with Gasteiger partial charge in [0.2, 0.25) is 0 Å². The lowest BCUT2D eigenvalue weighted by atomic mass is 9.51. The standard InChI is InChI=1S/C26H33NO3/c1-2-3-12-25-13-16-26(17-14-25,18-15-25)22-8-6-21(7-9-22)24(28)19-20-4-10-23(11-5-20)27(29)30/h4-11,24,28H,2-3,12-19H2,1H3. The first-order valence-corrected chi connectivity index (χ1v) is 11.5. The second kappa shape index (κ2) is 8.50. The molecule has 1 unspecified atom stereocenters. The van der Waals surface area contributed by atoms with E-state index in [1.807, 2.05) is 0 Å². The Hall–Kier alpha value is -2.20. The SMILES string of the molecule is CCCCC12CCC(c3ccc(C(O)Cc4ccc([N+](=O)[O-])cc4)cc3)(CC1)CC2. The van der Waals surface area contributed by atoms with Gasteiger partial charge in [-0.3, -0.25) is 10.1 Å². The fourth-order valence-corrected chi connectivity index (χ4v) is 5.78. The van der Waals surface area contributed by atoms with Crippen LogP contribution >= 0.6 is 0 Å². The van der Waals surface area contributed by atoms with Crippen molar-refractivity contribution >= 4 is 5.69 Å². The van der Waals surface area contributed by atoms with Crippen molar-refractivity contribution in [2.75, 3.05) is 0 Å². The average Bonchev–Trinajstić information content (AvgIpc) is 2.79. The number of non-ortho nitro benzene ring substituents is 1. The first-order valence-electron chi connectivity index (χ1n) is 11.5. The van der Waals surface area contributed by atoms with Crippen molar-refractivity contribution in [3.63, 3.8) is 0 Å². The number of nitro benzene ring substituents is 1. The zero-order chi connectivity index (χ0) is 21.2. The van der Waals surface area contributed by atoms with Crippen LogP contribution in [0.5, 0.6) is 0 Å². The molecule has 1 N–H and O–H groups in total. The van der Waals surface area contributed by atoms with E-state index in [-0.39, 0.29) is 5.69 Å². The first kappa shape index (κ1) is 21.0. The fraction of sp³-hybridized carbons (Fsp3) is 0.538. The molecule has 3 aliphatic carbocycles. The van der Waals surface area contributed by atoms with E-state index in [0.717, 1.165) is 11.1 Å². The van der Waals surface area contributed by atoms with E-state index in [1.54, 1.807) is 12.1 Å². The summed E-state index contributed by atoms with van der Waals surface area (Å²) in [5.74, 6) is 0. The molecule has 0 saturated heterocycles. The molecule has 0 heterocycles. The van der Waals surface area contributed by atoms with E-state index in [4.69, 9.17) is 0 Å². The predicted molar refractivity (Wildman–Crippen MR) is 120 cm³/mol. The zero-order valence-corrected chi connectivity index (χ0v) is 18.0. The Morgan fingerprint density at radius 3 is 2.10 bits per heavy atom. The highest BCUT2D eigenvalue weighted by Gasteiger charge is 2.48. The van der Waals surface area contributed by atoms with Crippen LogP contribution in [0.15, 0.2) is 48.5 Å². The molecule has 5 rings (SSSR count). The van der Waals surface area contributed by atoms with E-state index in [0.29, 0.717) is 17.3 Å². The fourth-order valence-electron chi connectivity index (χ4n) is 5.78. The summed E-state index contributed by atoms with van der Waals surface area (Å²) >= 11 is 0. The van der Waals surface area contributed by atoms with Gasteiger partial charge in [-0.05, 0) is 72.5 Å². The van der Waals surface area contributed by atoms with Crippen LogP contribution < -0.4 is 0 Å². The highest BCUT2D eigenvalue weighted by atomic mass is 16.6. The lowest BCUT2D eigenvalue weighted by molar-refractivity contribution is -0.384. The van der Waals surface area contributed by atoms with Crippen molar-refractivity contribution in [1.29, 1.82) is 0 Å². The topological polar surface area (TPSA) is 63.4 Å². The van der Waals surface area contributed by atoms with Crippen molar-refractivity contribution in [3.05, 3.63) is 75.3 Å². The quantitative estimate of drug-likeness (QED) is 0.393. The Kier molecular flexibility index (Phi) is 5.97. The molecule has 1 atom stereocenters. The van der Waals surface area contributed by atoms with Gasteiger partial charge < -0.3 is 5.11 Å². The Balaban J connectivity index is 1.40. The maximum absolute atomic E-state index is 10.8. The van der Waals surface area contributed by atoms with Gasteiger partial charge in [0.05, 0.1) is 11.0 Å². The molecule has 3 saturated carbocycles. The van der Waals surface area contributed by atoms with Crippen LogP contribution in [-0.4, -0.2) is 10.0 Å². The number of nitro groups is 1. The van der Waals surface area contributed by atoms with E-state index in [1.165, 1.54) is 75.5 Å². The molecule has 3 aliphatic rings. The largest absolute Gasteiger partial charge is 0.388 e. The first-order chi connectivity index (χ1) is 14.5. The van der Waals surface area contributed by atoms with Gasteiger partial charge in [-0.15, -0.1) is 0 Å². The van der Waals surface area contributed by atoms with Crippen molar-refractivity contribution in [2.45, 2.75) is 82.7 Å². The summed E-state index contributed by atoms with van der Waals surface area (Å²) in [4.78, 5) is 10.4. The minimum Gasteiger partial charge on any atom is -0.388 e. The molecular weight excluding hydrogens is 374 g/mol. The van der Waals surface area contributed by atoms with Gasteiger partial charge in [0, 0.05) is 18.6 Å². The highest BCUT2D eigenvalue weighted by Crippen LogP contribution is 2.59. The molecular formula is C26H33NO3. The van der Waals surface area contributed by atoms with Crippen molar-refractivity contribution in [1.82, 2.24) is 0 Å². The summed E-state index contributed by atoms with van der Waals surface area (Å²) in [6.45, 7) is 2.30. The molecule has 0 amide bonds. The molecule has 0 spiro atoms. The van der Waals surface area contributed by atoms with Crippen molar-refractivity contribution < 1.29 is 10.0 Å². The maximum atomic E-state index is 10.8. The summed E-state index contributed by atoms with van der Waals surface area (Å²) in [5.41, 5.74) is 4.30. The molecule has 2 aromatic carbocycles. The number of aliphatic hydroxyl groups excluding tert-OH is 1. The van der Waals surface area contributed by atoms with Crippen LogP contribution in [0.2, 0.25) is 0 Å². The van der Waals surface area contributed by atoms with E-state index in [9.17, 15) is 15.2 Å². The van der Waals surface area contributed by atoms with Crippen LogP contribution in [0.1, 0.15) is 87.5 Å². The lowest BCUT2D eigenvalue weighted by Crippen LogP contribution is -2.44. The minimum absolute atomic E-state index is 0.0792. The van der Waals surface area contributed by atoms with E-state index >= 15 is 0 Å². The second-order valence-electron chi connectivity index (χ2n) is 9.65. The number of hydrogen-bond acceptors (Lipinski definition) is 3. The van der Waals surface area contributed by atoms with Gasteiger partial charge in [0.1, 0.15) is 0 Å². The molecule has 4 heteroatoms. The van der Waals surface area contributed by atoms with Gasteiger partial charge >= 0.3 is 0 Å². The molecule has 0 aliphatic heterocycles. The number of benzene rings is 2. The van der Waals surface area contributed by atoms with Gasteiger partial charge in [0.15, 0.2) is 0 Å². The molecule has 4 nitrogen and oxygen atoms in total. The number of unbranched alkanes of at least 4 members (excludes halogenated alkanes) is 1. The summed E-state index contributed by atoms with van der Waals surface area (Å²) in [5, 5.41) is 21.5. The molecule has 2 bridgehead atoms. The number of nitrogens with zero attached hydrogens (tertiary/aromatic N) is 1. The zero-order valence-electron chi connectivity index (χ0n) is 18.0. The van der Waals surface area contributed by atoms with Crippen LogP contribution in [-0.2, 0) is 11.8 Å².